The fourth-order valence-corrected chi connectivity index (χ4v) is 4.19. The van der Waals surface area contributed by atoms with Crippen LogP contribution in [0.5, 0.6) is 0 Å². The van der Waals surface area contributed by atoms with Crippen molar-refractivity contribution in [3.8, 4) is 0 Å². The van der Waals surface area contributed by atoms with Crippen LogP contribution >= 0.6 is 27.3 Å². The lowest BCUT2D eigenvalue weighted by Gasteiger charge is -2.14. The van der Waals surface area contributed by atoms with E-state index in [0.29, 0.717) is 0 Å². The van der Waals surface area contributed by atoms with E-state index in [-0.39, 0.29) is 0 Å². The third-order valence-electron chi connectivity index (χ3n) is 3.60. The van der Waals surface area contributed by atoms with Gasteiger partial charge in [-0.25, -0.2) is 0 Å². The highest BCUT2D eigenvalue weighted by molar-refractivity contribution is 9.10. The van der Waals surface area contributed by atoms with E-state index in [4.69, 9.17) is 0 Å². The monoisotopic (exact) mass is 346 g/mol. The Balaban J connectivity index is 2.13. The van der Waals surface area contributed by atoms with Crippen molar-refractivity contribution < 1.29 is 5.11 Å². The highest BCUT2D eigenvalue weighted by Gasteiger charge is 2.17. The summed E-state index contributed by atoms with van der Waals surface area (Å²) in [4.78, 5) is 0. The van der Waals surface area contributed by atoms with Gasteiger partial charge in [-0.05, 0) is 57.7 Å². The van der Waals surface area contributed by atoms with E-state index in [9.17, 15) is 5.11 Å². The average molecular weight is 347 g/mol. The first-order valence-electron chi connectivity index (χ1n) is 6.49. The van der Waals surface area contributed by atoms with Crippen LogP contribution in [0.3, 0.4) is 0 Å². The van der Waals surface area contributed by atoms with E-state index < -0.39 is 6.10 Å². The molecular formula is C17H15BrOS. The number of fused-ring (bicyclic) bond motifs is 1. The smallest absolute Gasteiger partial charge is 0.106 e. The molecule has 1 N–H and O–H groups in total. The Kier molecular flexibility index (Phi) is 3.67. The molecule has 0 spiro atoms. The zero-order valence-electron chi connectivity index (χ0n) is 11.4. The Morgan fingerprint density at radius 2 is 1.90 bits per heavy atom. The molecule has 0 aliphatic carbocycles. The summed E-state index contributed by atoms with van der Waals surface area (Å²) in [6.07, 6.45) is -0.571. The standard InChI is InChI=1S/C17H15BrOS/c1-10-6-7-12(11(2)8-10)16(19)14-9-20-17-13(14)4-3-5-15(17)18/h3-9,16,19H,1-2H3. The Hall–Kier alpha value is -1.16. The zero-order valence-corrected chi connectivity index (χ0v) is 13.8. The third kappa shape index (κ3) is 2.30. The van der Waals surface area contributed by atoms with Gasteiger partial charge < -0.3 is 5.11 Å². The fraction of sp³-hybridized carbons (Fsp3) is 0.176. The summed E-state index contributed by atoms with van der Waals surface area (Å²) in [6.45, 7) is 4.12. The number of thiophene rings is 1. The van der Waals surface area contributed by atoms with Crippen LogP contribution in [0.2, 0.25) is 0 Å². The highest BCUT2D eigenvalue weighted by atomic mass is 79.9. The number of aliphatic hydroxyl groups excluding tert-OH is 1. The number of hydrogen-bond acceptors (Lipinski definition) is 2. The molecule has 0 aliphatic heterocycles. The molecule has 0 amide bonds. The SMILES string of the molecule is Cc1ccc(C(O)c2csc3c(Br)cccc23)c(C)c1. The minimum atomic E-state index is -0.571. The largest absolute Gasteiger partial charge is 0.384 e. The first kappa shape index (κ1) is 13.8. The van der Waals surface area contributed by atoms with Gasteiger partial charge in [0.25, 0.3) is 0 Å². The molecule has 1 heterocycles. The van der Waals surface area contributed by atoms with Crippen molar-refractivity contribution in [3.05, 3.63) is 68.5 Å². The summed E-state index contributed by atoms with van der Waals surface area (Å²) >= 11 is 5.23. The second kappa shape index (κ2) is 5.32. The first-order chi connectivity index (χ1) is 9.58. The quantitative estimate of drug-likeness (QED) is 0.661. The van der Waals surface area contributed by atoms with E-state index in [1.54, 1.807) is 11.3 Å². The fourth-order valence-electron chi connectivity index (χ4n) is 2.55. The maximum absolute atomic E-state index is 10.7. The molecule has 1 aromatic heterocycles. The van der Waals surface area contributed by atoms with Gasteiger partial charge in [0.2, 0.25) is 0 Å². The molecule has 1 nitrogen and oxygen atoms in total. The molecule has 0 fully saturated rings. The number of hydrogen-bond donors (Lipinski definition) is 1. The molecule has 1 atom stereocenters. The van der Waals surface area contributed by atoms with Crippen LogP contribution in [0.4, 0.5) is 0 Å². The van der Waals surface area contributed by atoms with Crippen molar-refractivity contribution >= 4 is 37.4 Å². The molecule has 3 heteroatoms. The molecule has 1 unspecified atom stereocenters. The zero-order chi connectivity index (χ0) is 14.3. The summed E-state index contributed by atoms with van der Waals surface area (Å²) in [5, 5.41) is 13.9. The summed E-state index contributed by atoms with van der Waals surface area (Å²) in [5.74, 6) is 0. The lowest BCUT2D eigenvalue weighted by Crippen LogP contribution is -2.01. The molecule has 0 saturated carbocycles. The van der Waals surface area contributed by atoms with E-state index in [2.05, 4.69) is 53.4 Å². The summed E-state index contributed by atoms with van der Waals surface area (Å²) in [7, 11) is 0. The molecule has 0 saturated heterocycles. The number of benzene rings is 2. The van der Waals surface area contributed by atoms with Gasteiger partial charge in [-0.3, -0.25) is 0 Å². The van der Waals surface area contributed by atoms with Gasteiger partial charge in [-0.2, -0.15) is 0 Å². The maximum Gasteiger partial charge on any atom is 0.106 e. The van der Waals surface area contributed by atoms with Gasteiger partial charge in [-0.15, -0.1) is 11.3 Å². The van der Waals surface area contributed by atoms with Gasteiger partial charge in [0.05, 0.1) is 0 Å². The van der Waals surface area contributed by atoms with Gasteiger partial charge >= 0.3 is 0 Å². The Morgan fingerprint density at radius 1 is 1.10 bits per heavy atom. The molecular weight excluding hydrogens is 332 g/mol. The van der Waals surface area contributed by atoms with Gasteiger partial charge in [0, 0.05) is 14.7 Å². The molecule has 2 aromatic carbocycles. The van der Waals surface area contributed by atoms with Crippen LogP contribution < -0.4 is 0 Å². The van der Waals surface area contributed by atoms with Gasteiger partial charge in [0.15, 0.2) is 0 Å². The van der Waals surface area contributed by atoms with E-state index in [0.717, 1.165) is 26.5 Å². The molecule has 0 radical (unpaired) electrons. The predicted molar refractivity (Wildman–Crippen MR) is 89.5 cm³/mol. The second-order valence-electron chi connectivity index (χ2n) is 5.07. The van der Waals surface area contributed by atoms with Crippen LogP contribution in [-0.4, -0.2) is 5.11 Å². The van der Waals surface area contributed by atoms with Crippen LogP contribution in [0.1, 0.15) is 28.4 Å². The number of rotatable bonds is 2. The minimum absolute atomic E-state index is 0.571. The molecule has 0 aliphatic rings. The molecule has 102 valence electrons. The van der Waals surface area contributed by atoms with Crippen LogP contribution in [-0.2, 0) is 0 Å². The Bertz CT molecular complexity index is 776. The van der Waals surface area contributed by atoms with Crippen molar-refractivity contribution in [1.29, 1.82) is 0 Å². The third-order valence-corrected chi connectivity index (χ3v) is 5.57. The molecule has 3 aromatic rings. The number of aliphatic hydroxyl groups is 1. The molecule has 0 bridgehead atoms. The summed E-state index contributed by atoms with van der Waals surface area (Å²) in [6, 6.07) is 12.3. The normalized spacial score (nSPS) is 12.8. The van der Waals surface area contributed by atoms with Gasteiger partial charge in [0.1, 0.15) is 6.10 Å². The van der Waals surface area contributed by atoms with Gasteiger partial charge in [-0.1, -0.05) is 35.9 Å². The topological polar surface area (TPSA) is 20.2 Å². The average Bonchev–Trinajstić information content (AvgIpc) is 2.83. The van der Waals surface area contributed by atoms with Crippen molar-refractivity contribution in [2.45, 2.75) is 20.0 Å². The van der Waals surface area contributed by atoms with E-state index >= 15 is 0 Å². The number of halogens is 1. The van der Waals surface area contributed by atoms with Crippen molar-refractivity contribution in [2.24, 2.45) is 0 Å². The van der Waals surface area contributed by atoms with Crippen LogP contribution in [0.15, 0.2) is 46.3 Å². The Labute approximate surface area is 131 Å². The van der Waals surface area contributed by atoms with Crippen molar-refractivity contribution in [2.75, 3.05) is 0 Å². The number of aryl methyl sites for hydroxylation is 2. The minimum Gasteiger partial charge on any atom is -0.384 e. The molecule has 20 heavy (non-hydrogen) atoms. The lowest BCUT2D eigenvalue weighted by molar-refractivity contribution is 0.221. The van der Waals surface area contributed by atoms with Crippen molar-refractivity contribution in [3.63, 3.8) is 0 Å². The second-order valence-corrected chi connectivity index (χ2v) is 6.80. The van der Waals surface area contributed by atoms with Crippen LogP contribution in [0, 0.1) is 13.8 Å². The molecule has 3 rings (SSSR count). The maximum atomic E-state index is 10.7. The summed E-state index contributed by atoms with van der Waals surface area (Å²) in [5.41, 5.74) is 4.32. The van der Waals surface area contributed by atoms with E-state index in [1.807, 2.05) is 18.2 Å². The van der Waals surface area contributed by atoms with Crippen molar-refractivity contribution in [1.82, 2.24) is 0 Å². The highest BCUT2D eigenvalue weighted by Crippen LogP contribution is 2.37. The van der Waals surface area contributed by atoms with E-state index in [1.165, 1.54) is 10.3 Å². The predicted octanol–water partition coefficient (Wildman–Crippen LogP) is 5.36. The first-order valence-corrected chi connectivity index (χ1v) is 8.16. The summed E-state index contributed by atoms with van der Waals surface area (Å²) < 4.78 is 2.27. The lowest BCUT2D eigenvalue weighted by atomic mass is 9.96. The Morgan fingerprint density at radius 3 is 2.65 bits per heavy atom. The van der Waals surface area contributed by atoms with Crippen LogP contribution in [0.25, 0.3) is 10.1 Å².